The molecule has 1 saturated carbocycles. The quantitative estimate of drug-likeness (QED) is 0.889. The highest BCUT2D eigenvalue weighted by atomic mass is 15.6. The van der Waals surface area contributed by atoms with E-state index in [-0.39, 0.29) is 0 Å². The fourth-order valence-corrected chi connectivity index (χ4v) is 3.10. The summed E-state index contributed by atoms with van der Waals surface area (Å²) in [5, 5.41) is 15.8. The first kappa shape index (κ1) is 14.4. The molecule has 2 unspecified atom stereocenters. The van der Waals surface area contributed by atoms with Gasteiger partial charge in [-0.3, -0.25) is 0 Å². The Hall–Kier alpha value is -0.970. The molecule has 2 rings (SSSR count). The van der Waals surface area contributed by atoms with Gasteiger partial charge in [0.15, 0.2) is 5.82 Å². The predicted molar refractivity (Wildman–Crippen MR) is 75.6 cm³/mol. The van der Waals surface area contributed by atoms with Crippen LogP contribution in [-0.2, 0) is 6.54 Å². The topological polar surface area (TPSA) is 55.6 Å². The minimum Gasteiger partial charge on any atom is -0.308 e. The monoisotopic (exact) mass is 265 g/mol. The Morgan fingerprint density at radius 3 is 2.63 bits per heavy atom. The summed E-state index contributed by atoms with van der Waals surface area (Å²) in [7, 11) is 0. The zero-order valence-corrected chi connectivity index (χ0v) is 12.6. The summed E-state index contributed by atoms with van der Waals surface area (Å²) in [6.45, 7) is 9.68. The highest BCUT2D eigenvalue weighted by Gasteiger charge is 2.31. The van der Waals surface area contributed by atoms with E-state index in [1.807, 2.05) is 0 Å². The maximum absolute atomic E-state index is 4.27. The third kappa shape index (κ3) is 3.53. The summed E-state index contributed by atoms with van der Waals surface area (Å²) in [5.41, 5.74) is 0. The van der Waals surface area contributed by atoms with Crippen molar-refractivity contribution in [2.75, 3.05) is 0 Å². The maximum Gasteiger partial charge on any atom is 0.165 e. The molecule has 1 fully saturated rings. The van der Waals surface area contributed by atoms with Gasteiger partial charge in [0.1, 0.15) is 0 Å². The third-order valence-electron chi connectivity index (χ3n) is 4.18. The van der Waals surface area contributed by atoms with Crippen molar-refractivity contribution in [1.29, 1.82) is 0 Å². The third-order valence-corrected chi connectivity index (χ3v) is 4.18. The fourth-order valence-electron chi connectivity index (χ4n) is 3.10. The van der Waals surface area contributed by atoms with Crippen LogP contribution in [-0.4, -0.2) is 26.2 Å². The first-order valence-electron chi connectivity index (χ1n) is 7.59. The fraction of sp³-hybridized carbons (Fsp3) is 0.929. The molecule has 2 atom stereocenters. The smallest absolute Gasteiger partial charge is 0.165 e. The van der Waals surface area contributed by atoms with Gasteiger partial charge in [0.05, 0.1) is 12.6 Å². The lowest BCUT2D eigenvalue weighted by Crippen LogP contribution is -2.31. The lowest BCUT2D eigenvalue weighted by Gasteiger charge is -2.34. The van der Waals surface area contributed by atoms with Gasteiger partial charge in [-0.05, 0) is 35.1 Å². The number of hydrogen-bond acceptors (Lipinski definition) is 4. The van der Waals surface area contributed by atoms with Crippen LogP contribution < -0.4 is 5.32 Å². The van der Waals surface area contributed by atoms with Gasteiger partial charge in [0.25, 0.3) is 0 Å². The van der Waals surface area contributed by atoms with Crippen molar-refractivity contribution in [2.45, 2.75) is 72.0 Å². The van der Waals surface area contributed by atoms with Crippen LogP contribution in [0.3, 0.4) is 0 Å². The molecule has 1 aliphatic carbocycles. The Kier molecular flexibility index (Phi) is 4.91. The first-order valence-corrected chi connectivity index (χ1v) is 7.59. The molecule has 0 aliphatic heterocycles. The van der Waals surface area contributed by atoms with E-state index in [0.29, 0.717) is 23.9 Å². The van der Waals surface area contributed by atoms with Crippen molar-refractivity contribution in [2.24, 2.45) is 11.8 Å². The molecule has 1 aromatic heterocycles. The zero-order chi connectivity index (χ0) is 13.8. The Labute approximate surface area is 116 Å². The molecular weight excluding hydrogens is 238 g/mol. The van der Waals surface area contributed by atoms with E-state index in [4.69, 9.17) is 0 Å². The molecule has 19 heavy (non-hydrogen) atoms. The van der Waals surface area contributed by atoms with Crippen LogP contribution in [0, 0.1) is 11.8 Å². The van der Waals surface area contributed by atoms with E-state index < -0.39 is 0 Å². The second kappa shape index (κ2) is 6.46. The first-order chi connectivity index (χ1) is 9.09. The van der Waals surface area contributed by atoms with Crippen molar-refractivity contribution in [3.63, 3.8) is 0 Å². The van der Waals surface area contributed by atoms with Crippen molar-refractivity contribution in [1.82, 2.24) is 25.5 Å². The summed E-state index contributed by atoms with van der Waals surface area (Å²) >= 11 is 0. The number of nitrogens with one attached hydrogen (secondary N) is 1. The number of aromatic nitrogens is 4. The Morgan fingerprint density at radius 1 is 1.21 bits per heavy atom. The van der Waals surface area contributed by atoms with Gasteiger partial charge >= 0.3 is 0 Å². The van der Waals surface area contributed by atoms with Gasteiger partial charge in [-0.2, -0.15) is 0 Å². The van der Waals surface area contributed by atoms with E-state index in [2.05, 4.69) is 53.2 Å². The number of rotatable bonds is 5. The lowest BCUT2D eigenvalue weighted by atomic mass is 9.78. The summed E-state index contributed by atoms with van der Waals surface area (Å²) in [5.74, 6) is 2.38. The molecule has 0 amide bonds. The highest BCUT2D eigenvalue weighted by Crippen LogP contribution is 2.38. The van der Waals surface area contributed by atoms with Crippen LogP contribution in [0.15, 0.2) is 0 Å². The predicted octanol–water partition coefficient (Wildman–Crippen LogP) is 2.56. The molecule has 0 spiro atoms. The van der Waals surface area contributed by atoms with Crippen LogP contribution in [0.4, 0.5) is 0 Å². The number of tetrazole rings is 1. The molecular formula is C14H27N5. The van der Waals surface area contributed by atoms with Gasteiger partial charge in [-0.25, -0.2) is 4.68 Å². The molecule has 0 saturated heterocycles. The van der Waals surface area contributed by atoms with Gasteiger partial charge in [0.2, 0.25) is 0 Å². The Morgan fingerprint density at radius 2 is 1.95 bits per heavy atom. The summed E-state index contributed by atoms with van der Waals surface area (Å²) in [6.07, 6.45) is 5.16. The molecule has 0 aromatic carbocycles. The normalized spacial score (nSPS) is 24.3. The van der Waals surface area contributed by atoms with Crippen molar-refractivity contribution < 1.29 is 0 Å². The van der Waals surface area contributed by atoms with E-state index in [1.165, 1.54) is 25.7 Å². The van der Waals surface area contributed by atoms with Crippen LogP contribution >= 0.6 is 0 Å². The average Bonchev–Trinajstić information content (AvgIpc) is 2.84. The molecule has 1 aromatic rings. The van der Waals surface area contributed by atoms with Crippen molar-refractivity contribution >= 4 is 0 Å². The minimum absolute atomic E-state index is 0.456. The van der Waals surface area contributed by atoms with E-state index in [9.17, 15) is 0 Å². The second-order valence-corrected chi connectivity index (χ2v) is 6.33. The van der Waals surface area contributed by atoms with Crippen LogP contribution in [0.5, 0.6) is 0 Å². The molecule has 0 radical (unpaired) electrons. The minimum atomic E-state index is 0.456. The number of hydrogen-bond donors (Lipinski definition) is 1. The maximum atomic E-state index is 4.27. The van der Waals surface area contributed by atoms with Crippen molar-refractivity contribution in [3.8, 4) is 0 Å². The highest BCUT2D eigenvalue weighted by molar-refractivity contribution is 4.89. The van der Waals surface area contributed by atoms with Gasteiger partial charge in [-0.1, -0.05) is 40.5 Å². The van der Waals surface area contributed by atoms with Crippen LogP contribution in [0.2, 0.25) is 0 Å². The average molecular weight is 265 g/mol. The standard InChI is InChI=1S/C14H27N5/c1-10(2)12-7-5-6-8-13(12)19-14(16-17-18-19)9-15-11(3)4/h10-13,15H,5-9H2,1-4H3. The Balaban J connectivity index is 2.13. The molecule has 5 heteroatoms. The summed E-state index contributed by atoms with van der Waals surface area (Å²) < 4.78 is 2.08. The van der Waals surface area contributed by atoms with Crippen molar-refractivity contribution in [3.05, 3.63) is 5.82 Å². The van der Waals surface area contributed by atoms with Crippen LogP contribution in [0.1, 0.15) is 65.2 Å². The van der Waals surface area contributed by atoms with Gasteiger partial charge in [-0.15, -0.1) is 5.10 Å². The van der Waals surface area contributed by atoms with E-state index in [0.717, 1.165) is 12.4 Å². The number of nitrogens with zero attached hydrogens (tertiary/aromatic N) is 4. The Bertz CT molecular complexity index is 385. The largest absolute Gasteiger partial charge is 0.308 e. The summed E-state index contributed by atoms with van der Waals surface area (Å²) in [4.78, 5) is 0. The molecule has 1 aliphatic rings. The van der Waals surface area contributed by atoms with Gasteiger partial charge < -0.3 is 5.32 Å². The van der Waals surface area contributed by atoms with Crippen LogP contribution in [0.25, 0.3) is 0 Å². The van der Waals surface area contributed by atoms with E-state index >= 15 is 0 Å². The molecule has 1 N–H and O–H groups in total. The molecule has 1 heterocycles. The lowest BCUT2D eigenvalue weighted by molar-refractivity contribution is 0.166. The van der Waals surface area contributed by atoms with E-state index in [1.54, 1.807) is 0 Å². The van der Waals surface area contributed by atoms with Gasteiger partial charge in [0, 0.05) is 6.04 Å². The SMILES string of the molecule is CC(C)NCc1nnnn1C1CCCCC1C(C)C. The molecule has 0 bridgehead atoms. The zero-order valence-electron chi connectivity index (χ0n) is 12.6. The molecule has 5 nitrogen and oxygen atoms in total. The molecule has 108 valence electrons. The second-order valence-electron chi connectivity index (χ2n) is 6.33. The summed E-state index contributed by atoms with van der Waals surface area (Å²) in [6, 6.07) is 0.935.